The van der Waals surface area contributed by atoms with E-state index in [1.165, 1.54) is 0 Å². The summed E-state index contributed by atoms with van der Waals surface area (Å²) in [5.41, 5.74) is 6.40. The zero-order valence-corrected chi connectivity index (χ0v) is 13.1. The van der Waals surface area contributed by atoms with Crippen molar-refractivity contribution in [1.29, 1.82) is 0 Å². The van der Waals surface area contributed by atoms with Gasteiger partial charge in [-0.05, 0) is 18.2 Å². The molecule has 0 unspecified atom stereocenters. The number of amides is 1. The van der Waals surface area contributed by atoms with E-state index in [1.54, 1.807) is 18.2 Å². The van der Waals surface area contributed by atoms with Gasteiger partial charge in [0, 0.05) is 10.0 Å². The number of carbonyl (C=O) groups is 1. The molecule has 3 N–H and O–H groups in total. The van der Waals surface area contributed by atoms with Crippen LogP contribution in [0.2, 0.25) is 0 Å². The molecule has 0 fully saturated rings. The van der Waals surface area contributed by atoms with Crippen LogP contribution in [0.1, 0.15) is 12.0 Å². The molecule has 0 aromatic heterocycles. The molecule has 4 nitrogen and oxygen atoms in total. The molecule has 0 aliphatic carbocycles. The van der Waals surface area contributed by atoms with Crippen LogP contribution in [0.4, 0.5) is 18.9 Å². The van der Waals surface area contributed by atoms with Crippen molar-refractivity contribution in [3.63, 3.8) is 0 Å². The molecular formula is C12H12BrF3N2O2S. The van der Waals surface area contributed by atoms with E-state index < -0.39 is 18.7 Å². The monoisotopic (exact) mass is 384 g/mol. The third kappa shape index (κ3) is 6.87. The Balaban J connectivity index is 2.54. The number of carbonyl (C=O) groups excluding carboxylic acids is 1. The second kappa shape index (κ2) is 7.71. The number of hydrogen-bond acceptors (Lipinski definition) is 3. The van der Waals surface area contributed by atoms with Gasteiger partial charge in [0.05, 0.1) is 18.7 Å². The van der Waals surface area contributed by atoms with Crippen molar-refractivity contribution < 1.29 is 22.7 Å². The number of nitrogens with two attached hydrogens (primary N) is 1. The Hall–Kier alpha value is -1.19. The van der Waals surface area contributed by atoms with Crippen LogP contribution < -0.4 is 11.1 Å². The molecule has 1 aromatic carbocycles. The molecule has 0 atom stereocenters. The van der Waals surface area contributed by atoms with Gasteiger partial charge in [-0.3, -0.25) is 4.79 Å². The maximum absolute atomic E-state index is 11.8. The standard InChI is InChI=1S/C12H12BrF3N2O2S/c13-7-1-2-9(8(5-7)11(17)21)18-10(19)3-4-20-6-12(14,15)16/h1-2,5H,3-4,6H2,(H2,17,21)(H,18,19). The molecule has 0 radical (unpaired) electrons. The first-order valence-electron chi connectivity index (χ1n) is 5.73. The summed E-state index contributed by atoms with van der Waals surface area (Å²) in [6, 6.07) is 4.91. The predicted octanol–water partition coefficient (Wildman–Crippen LogP) is 2.99. The molecular weight excluding hydrogens is 373 g/mol. The van der Waals surface area contributed by atoms with Crippen molar-refractivity contribution in [2.45, 2.75) is 12.6 Å². The molecule has 21 heavy (non-hydrogen) atoms. The van der Waals surface area contributed by atoms with Crippen LogP contribution in [-0.2, 0) is 9.53 Å². The van der Waals surface area contributed by atoms with Gasteiger partial charge in [0.1, 0.15) is 11.6 Å². The summed E-state index contributed by atoms with van der Waals surface area (Å²) in [7, 11) is 0. The average Bonchev–Trinajstić information content (AvgIpc) is 2.35. The summed E-state index contributed by atoms with van der Waals surface area (Å²) >= 11 is 8.11. The van der Waals surface area contributed by atoms with E-state index in [9.17, 15) is 18.0 Å². The normalized spacial score (nSPS) is 11.2. The fourth-order valence-electron chi connectivity index (χ4n) is 1.39. The topological polar surface area (TPSA) is 64.3 Å². The van der Waals surface area contributed by atoms with Crippen molar-refractivity contribution in [1.82, 2.24) is 0 Å². The van der Waals surface area contributed by atoms with E-state index in [-0.39, 0.29) is 18.0 Å². The average molecular weight is 385 g/mol. The summed E-state index contributed by atoms with van der Waals surface area (Å²) in [4.78, 5) is 11.7. The summed E-state index contributed by atoms with van der Waals surface area (Å²) < 4.78 is 40.6. The lowest BCUT2D eigenvalue weighted by molar-refractivity contribution is -0.174. The first-order valence-corrected chi connectivity index (χ1v) is 6.93. The molecule has 0 spiro atoms. The minimum absolute atomic E-state index is 0.0971. The van der Waals surface area contributed by atoms with Gasteiger partial charge in [-0.25, -0.2) is 0 Å². The van der Waals surface area contributed by atoms with Gasteiger partial charge in [0.25, 0.3) is 0 Å². The summed E-state index contributed by atoms with van der Waals surface area (Å²) in [6.07, 6.45) is -4.61. The summed E-state index contributed by atoms with van der Waals surface area (Å²) in [6.45, 7) is -1.71. The smallest absolute Gasteiger partial charge is 0.389 e. The first-order chi connectivity index (χ1) is 9.69. The van der Waals surface area contributed by atoms with E-state index >= 15 is 0 Å². The maximum Gasteiger partial charge on any atom is 0.411 e. The zero-order chi connectivity index (χ0) is 16.0. The van der Waals surface area contributed by atoms with Gasteiger partial charge in [-0.15, -0.1) is 0 Å². The Morgan fingerprint density at radius 3 is 2.67 bits per heavy atom. The first kappa shape index (κ1) is 17.9. The van der Waals surface area contributed by atoms with Crippen molar-refractivity contribution in [3.8, 4) is 0 Å². The minimum Gasteiger partial charge on any atom is -0.389 e. The van der Waals surface area contributed by atoms with Crippen LogP contribution in [0, 0.1) is 0 Å². The Labute approximate surface area is 133 Å². The molecule has 0 bridgehead atoms. The molecule has 0 aliphatic heterocycles. The second-order valence-electron chi connectivity index (χ2n) is 4.02. The van der Waals surface area contributed by atoms with E-state index in [4.69, 9.17) is 18.0 Å². The number of rotatable bonds is 6. The molecule has 0 heterocycles. The zero-order valence-electron chi connectivity index (χ0n) is 10.7. The van der Waals surface area contributed by atoms with Crippen LogP contribution in [0.3, 0.4) is 0 Å². The maximum atomic E-state index is 11.8. The van der Waals surface area contributed by atoms with E-state index in [0.717, 1.165) is 4.47 Å². The number of halogens is 4. The number of alkyl halides is 3. The SMILES string of the molecule is NC(=S)c1cc(Br)ccc1NC(=O)CCOCC(F)(F)F. The fourth-order valence-corrected chi connectivity index (χ4v) is 1.92. The Bertz CT molecular complexity index is 538. The molecule has 0 saturated carbocycles. The lowest BCUT2D eigenvalue weighted by Crippen LogP contribution is -2.21. The van der Waals surface area contributed by atoms with Crippen molar-refractivity contribution >= 4 is 44.7 Å². The van der Waals surface area contributed by atoms with Crippen LogP contribution in [0.5, 0.6) is 0 Å². The van der Waals surface area contributed by atoms with Gasteiger partial charge < -0.3 is 15.8 Å². The number of anilines is 1. The van der Waals surface area contributed by atoms with Crippen LogP contribution in [0.25, 0.3) is 0 Å². The Morgan fingerprint density at radius 1 is 1.43 bits per heavy atom. The molecule has 1 amide bonds. The van der Waals surface area contributed by atoms with Gasteiger partial charge in [-0.1, -0.05) is 28.1 Å². The second-order valence-corrected chi connectivity index (χ2v) is 5.38. The highest BCUT2D eigenvalue weighted by Gasteiger charge is 2.27. The number of benzene rings is 1. The van der Waals surface area contributed by atoms with Crippen LogP contribution in [0.15, 0.2) is 22.7 Å². The minimum atomic E-state index is -4.40. The van der Waals surface area contributed by atoms with Crippen LogP contribution >= 0.6 is 28.1 Å². The van der Waals surface area contributed by atoms with Crippen molar-refractivity contribution in [2.24, 2.45) is 5.73 Å². The lowest BCUT2D eigenvalue weighted by atomic mass is 10.1. The quantitative estimate of drug-likeness (QED) is 0.584. The number of hydrogen-bond donors (Lipinski definition) is 2. The van der Waals surface area contributed by atoms with Gasteiger partial charge in [0.15, 0.2) is 0 Å². The third-order valence-electron chi connectivity index (χ3n) is 2.26. The Morgan fingerprint density at radius 2 is 2.10 bits per heavy atom. The molecule has 0 aliphatic rings. The largest absolute Gasteiger partial charge is 0.411 e. The van der Waals surface area contributed by atoms with E-state index in [0.29, 0.717) is 11.3 Å². The van der Waals surface area contributed by atoms with Gasteiger partial charge in [-0.2, -0.15) is 13.2 Å². The number of nitrogens with one attached hydrogen (secondary N) is 1. The van der Waals surface area contributed by atoms with E-state index in [2.05, 4.69) is 26.0 Å². The molecule has 0 saturated heterocycles. The summed E-state index contributed by atoms with van der Waals surface area (Å²) in [5, 5.41) is 2.53. The number of thiocarbonyl (C=S) groups is 1. The molecule has 1 rings (SSSR count). The molecule has 116 valence electrons. The lowest BCUT2D eigenvalue weighted by Gasteiger charge is -2.11. The van der Waals surface area contributed by atoms with E-state index in [1.807, 2.05) is 0 Å². The van der Waals surface area contributed by atoms with Gasteiger partial charge in [0.2, 0.25) is 5.91 Å². The van der Waals surface area contributed by atoms with Gasteiger partial charge >= 0.3 is 6.18 Å². The number of ether oxygens (including phenoxy) is 1. The predicted molar refractivity (Wildman–Crippen MR) is 80.2 cm³/mol. The summed E-state index contributed by atoms with van der Waals surface area (Å²) in [5.74, 6) is -0.489. The van der Waals surface area contributed by atoms with Crippen LogP contribution in [-0.4, -0.2) is 30.3 Å². The highest BCUT2D eigenvalue weighted by atomic mass is 79.9. The third-order valence-corrected chi connectivity index (χ3v) is 2.97. The molecule has 1 aromatic rings. The van der Waals surface area contributed by atoms with Crippen molar-refractivity contribution in [3.05, 3.63) is 28.2 Å². The Kier molecular flexibility index (Phi) is 6.56. The molecule has 9 heteroatoms. The fraction of sp³-hybridized carbons (Fsp3) is 0.333. The highest BCUT2D eigenvalue weighted by Crippen LogP contribution is 2.21. The highest BCUT2D eigenvalue weighted by molar-refractivity contribution is 9.10. The van der Waals surface area contributed by atoms with Crippen molar-refractivity contribution in [2.75, 3.05) is 18.5 Å².